The summed E-state index contributed by atoms with van der Waals surface area (Å²) < 4.78 is 5.03. The van der Waals surface area contributed by atoms with E-state index in [1.807, 2.05) is 0 Å². The van der Waals surface area contributed by atoms with Crippen molar-refractivity contribution in [2.75, 3.05) is 12.4 Å². The van der Waals surface area contributed by atoms with Crippen LogP contribution in [0.25, 0.3) is 0 Å². The Morgan fingerprint density at radius 1 is 1.27 bits per heavy atom. The number of hydrogen-bond donors (Lipinski definition) is 3. The predicted molar refractivity (Wildman–Crippen MR) is 83.0 cm³/mol. The lowest BCUT2D eigenvalue weighted by Gasteiger charge is -2.05. The third kappa shape index (κ3) is 3.37. The summed E-state index contributed by atoms with van der Waals surface area (Å²) in [7, 11) is 1.55. The molecule has 0 unspecified atom stereocenters. The van der Waals surface area contributed by atoms with E-state index in [0.717, 1.165) is 11.3 Å². The van der Waals surface area contributed by atoms with Crippen LogP contribution < -0.4 is 10.1 Å². The third-order valence-electron chi connectivity index (χ3n) is 3.06. The van der Waals surface area contributed by atoms with Gasteiger partial charge in [-0.05, 0) is 31.2 Å². The molecule has 0 spiro atoms. The van der Waals surface area contributed by atoms with Crippen LogP contribution in [0, 0.1) is 6.92 Å². The average Bonchev–Trinajstić information content (AvgIpc) is 2.76. The molecule has 0 aliphatic rings. The number of methoxy groups -OCH3 is 1. The van der Waals surface area contributed by atoms with Crippen molar-refractivity contribution < 1.29 is 24.5 Å². The van der Waals surface area contributed by atoms with Gasteiger partial charge < -0.3 is 20.3 Å². The molecule has 0 saturated heterocycles. The number of carboxylic acid groups (broad SMARTS) is 1. The van der Waals surface area contributed by atoms with Crippen molar-refractivity contribution in [1.82, 2.24) is 0 Å². The number of aliphatic carboxylic acids is 1. The second-order valence-electron chi connectivity index (χ2n) is 4.57. The maximum Gasteiger partial charge on any atom is 0.308 e. The second kappa shape index (κ2) is 6.48. The number of carboxylic acids is 1. The molecule has 0 radical (unpaired) electrons. The van der Waals surface area contributed by atoms with E-state index in [2.05, 4.69) is 5.32 Å². The highest BCUT2D eigenvalue weighted by atomic mass is 32.1. The van der Waals surface area contributed by atoms with Crippen molar-refractivity contribution in [3.63, 3.8) is 0 Å². The van der Waals surface area contributed by atoms with Crippen molar-refractivity contribution in [2.24, 2.45) is 0 Å². The molecule has 1 heterocycles. The van der Waals surface area contributed by atoms with Gasteiger partial charge in [-0.2, -0.15) is 0 Å². The van der Waals surface area contributed by atoms with Gasteiger partial charge in [0.1, 0.15) is 16.4 Å². The average molecular weight is 321 g/mol. The van der Waals surface area contributed by atoms with Gasteiger partial charge in [0.2, 0.25) is 0 Å². The summed E-state index contributed by atoms with van der Waals surface area (Å²) in [5, 5.41) is 21.5. The molecular weight excluding hydrogens is 306 g/mol. The number of carbonyl (C=O) groups is 2. The number of nitrogens with one attached hydrogen (secondary N) is 1. The van der Waals surface area contributed by atoms with E-state index in [9.17, 15) is 14.7 Å². The molecule has 0 aliphatic carbocycles. The largest absolute Gasteiger partial charge is 0.506 e. The van der Waals surface area contributed by atoms with Crippen LogP contribution in [0.1, 0.15) is 20.1 Å². The SMILES string of the molecule is COc1ccc(NC(=O)c2sc(C)c(CC(=O)O)c2O)cc1. The number of amides is 1. The van der Waals surface area contributed by atoms with E-state index >= 15 is 0 Å². The van der Waals surface area contributed by atoms with Crippen LogP contribution >= 0.6 is 11.3 Å². The molecule has 0 bridgehead atoms. The van der Waals surface area contributed by atoms with Crippen LogP contribution in [0.3, 0.4) is 0 Å². The van der Waals surface area contributed by atoms with Crippen molar-refractivity contribution in [3.8, 4) is 11.5 Å². The molecule has 1 amide bonds. The van der Waals surface area contributed by atoms with Gasteiger partial charge in [0.05, 0.1) is 13.5 Å². The lowest BCUT2D eigenvalue weighted by Crippen LogP contribution is -2.10. The van der Waals surface area contributed by atoms with E-state index in [1.54, 1.807) is 38.3 Å². The van der Waals surface area contributed by atoms with Crippen molar-refractivity contribution >= 4 is 28.9 Å². The van der Waals surface area contributed by atoms with E-state index < -0.39 is 11.9 Å². The first-order valence-electron chi connectivity index (χ1n) is 6.40. The summed E-state index contributed by atoms with van der Waals surface area (Å²) in [6, 6.07) is 6.74. The first kappa shape index (κ1) is 15.8. The minimum Gasteiger partial charge on any atom is -0.506 e. The number of rotatable bonds is 5. The van der Waals surface area contributed by atoms with E-state index in [-0.39, 0.29) is 22.6 Å². The smallest absolute Gasteiger partial charge is 0.308 e. The Hall–Kier alpha value is -2.54. The number of hydrogen-bond acceptors (Lipinski definition) is 5. The Labute approximate surface area is 131 Å². The summed E-state index contributed by atoms with van der Waals surface area (Å²) >= 11 is 1.07. The van der Waals surface area contributed by atoms with Gasteiger partial charge in [-0.25, -0.2) is 0 Å². The van der Waals surface area contributed by atoms with Gasteiger partial charge in [-0.1, -0.05) is 0 Å². The van der Waals surface area contributed by atoms with Gasteiger partial charge in [-0.15, -0.1) is 11.3 Å². The molecule has 0 aliphatic heterocycles. The van der Waals surface area contributed by atoms with Crippen molar-refractivity contribution in [3.05, 3.63) is 39.6 Å². The van der Waals surface area contributed by atoms with Gasteiger partial charge in [0.15, 0.2) is 0 Å². The van der Waals surface area contributed by atoms with Crippen LogP contribution in [0.15, 0.2) is 24.3 Å². The van der Waals surface area contributed by atoms with Gasteiger partial charge in [0.25, 0.3) is 5.91 Å². The molecule has 22 heavy (non-hydrogen) atoms. The number of aryl methyl sites for hydroxylation is 1. The standard InChI is InChI=1S/C15H15NO5S/c1-8-11(7-12(17)18)13(19)14(22-8)15(20)16-9-3-5-10(21-2)6-4-9/h3-6,19H,7H2,1-2H3,(H,16,20)(H,17,18). The number of aromatic hydroxyl groups is 1. The van der Waals surface area contributed by atoms with Gasteiger partial charge >= 0.3 is 5.97 Å². The number of ether oxygens (including phenoxy) is 1. The topological polar surface area (TPSA) is 95.9 Å². The molecule has 2 aromatic rings. The summed E-state index contributed by atoms with van der Waals surface area (Å²) in [6.07, 6.45) is -0.315. The minimum atomic E-state index is -1.06. The number of benzene rings is 1. The fourth-order valence-corrected chi connectivity index (χ4v) is 2.90. The zero-order valence-electron chi connectivity index (χ0n) is 12.0. The summed E-state index contributed by atoms with van der Waals surface area (Å²) in [5.74, 6) is -1.14. The van der Waals surface area contributed by atoms with Crippen molar-refractivity contribution in [2.45, 2.75) is 13.3 Å². The Morgan fingerprint density at radius 2 is 1.91 bits per heavy atom. The Bertz CT molecular complexity index is 705. The molecule has 0 fully saturated rings. The molecule has 6 nitrogen and oxygen atoms in total. The third-order valence-corrected chi connectivity index (χ3v) is 4.20. The van der Waals surface area contributed by atoms with E-state index in [4.69, 9.17) is 9.84 Å². The highest BCUT2D eigenvalue weighted by Gasteiger charge is 2.22. The van der Waals surface area contributed by atoms with Crippen molar-refractivity contribution in [1.29, 1.82) is 0 Å². The molecule has 1 aromatic carbocycles. The normalized spacial score (nSPS) is 10.3. The lowest BCUT2D eigenvalue weighted by atomic mass is 10.1. The van der Waals surface area contributed by atoms with E-state index in [1.165, 1.54) is 0 Å². The predicted octanol–water partition coefficient (Wildman–Crippen LogP) is 2.65. The van der Waals surface area contributed by atoms with Gasteiger partial charge in [0, 0.05) is 16.1 Å². The fourth-order valence-electron chi connectivity index (χ4n) is 1.94. The zero-order valence-corrected chi connectivity index (χ0v) is 12.9. The fraction of sp³-hybridized carbons (Fsp3) is 0.200. The Balaban J connectivity index is 2.20. The summed E-state index contributed by atoms with van der Waals surface area (Å²) in [5.41, 5.74) is 0.827. The first-order chi connectivity index (χ1) is 10.4. The number of anilines is 1. The maximum absolute atomic E-state index is 12.2. The molecular formula is C15H15NO5S. The molecule has 116 valence electrons. The molecule has 7 heteroatoms. The van der Waals surface area contributed by atoms with Crippen LogP contribution in [0.5, 0.6) is 11.5 Å². The summed E-state index contributed by atoms with van der Waals surface area (Å²) in [4.78, 5) is 23.7. The summed E-state index contributed by atoms with van der Waals surface area (Å²) in [6.45, 7) is 1.67. The van der Waals surface area contributed by atoms with Crippen LogP contribution in [-0.4, -0.2) is 29.2 Å². The van der Waals surface area contributed by atoms with E-state index in [0.29, 0.717) is 16.3 Å². The molecule has 1 aromatic heterocycles. The quantitative estimate of drug-likeness (QED) is 0.787. The minimum absolute atomic E-state index is 0.101. The molecule has 0 atom stereocenters. The highest BCUT2D eigenvalue weighted by Crippen LogP contribution is 2.35. The Morgan fingerprint density at radius 3 is 2.45 bits per heavy atom. The van der Waals surface area contributed by atoms with Gasteiger partial charge in [-0.3, -0.25) is 9.59 Å². The Kier molecular flexibility index (Phi) is 4.67. The molecule has 0 saturated carbocycles. The maximum atomic E-state index is 12.2. The zero-order chi connectivity index (χ0) is 16.3. The number of thiophene rings is 1. The molecule has 2 rings (SSSR count). The lowest BCUT2D eigenvalue weighted by molar-refractivity contribution is -0.136. The first-order valence-corrected chi connectivity index (χ1v) is 7.22. The molecule has 3 N–H and O–H groups in total. The monoisotopic (exact) mass is 321 g/mol. The van der Waals surface area contributed by atoms with Crippen LogP contribution in [0.2, 0.25) is 0 Å². The second-order valence-corrected chi connectivity index (χ2v) is 5.79. The van der Waals surface area contributed by atoms with Crippen LogP contribution in [0.4, 0.5) is 5.69 Å². The number of carbonyl (C=O) groups excluding carboxylic acids is 1. The van der Waals surface area contributed by atoms with Crippen LogP contribution in [-0.2, 0) is 11.2 Å². The highest BCUT2D eigenvalue weighted by molar-refractivity contribution is 7.14.